The third-order valence-corrected chi connectivity index (χ3v) is 2.74. The van der Waals surface area contributed by atoms with E-state index in [4.69, 9.17) is 26.4 Å². The molecule has 0 saturated carbocycles. The van der Waals surface area contributed by atoms with Gasteiger partial charge in [0.2, 0.25) is 0 Å². The van der Waals surface area contributed by atoms with Gasteiger partial charge in [-0.15, -0.1) is 0 Å². The second kappa shape index (κ2) is 10.0. The first kappa shape index (κ1) is 17.3. The van der Waals surface area contributed by atoms with Crippen molar-refractivity contribution < 1.29 is 14.2 Å². The van der Waals surface area contributed by atoms with Gasteiger partial charge in [-0.1, -0.05) is 5.57 Å². The summed E-state index contributed by atoms with van der Waals surface area (Å²) in [4.78, 5) is 0. The molecule has 0 saturated heterocycles. The molecule has 0 aliphatic heterocycles. The van der Waals surface area contributed by atoms with Gasteiger partial charge in [0, 0.05) is 0 Å². The molecule has 0 radical (unpaired) electrons. The summed E-state index contributed by atoms with van der Waals surface area (Å²) in [5.74, 6) is 1.63. The highest BCUT2D eigenvalue weighted by Crippen LogP contribution is 2.17. The van der Waals surface area contributed by atoms with E-state index in [2.05, 4.69) is 5.32 Å². The van der Waals surface area contributed by atoms with Crippen LogP contribution in [0.3, 0.4) is 0 Å². The first-order valence-electron chi connectivity index (χ1n) is 7.01. The molecule has 4 nitrogen and oxygen atoms in total. The summed E-state index contributed by atoms with van der Waals surface area (Å²) in [5, 5.41) is 3.36. The second-order valence-corrected chi connectivity index (χ2v) is 4.93. The van der Waals surface area contributed by atoms with E-state index in [1.807, 2.05) is 51.1 Å². The third-order valence-electron chi connectivity index (χ3n) is 2.48. The van der Waals surface area contributed by atoms with Gasteiger partial charge in [-0.05, 0) is 63.3 Å². The predicted molar refractivity (Wildman–Crippen MR) is 89.1 cm³/mol. The molecule has 0 bridgehead atoms. The monoisotopic (exact) mass is 309 g/mol. The number of rotatable bonds is 8. The molecule has 0 fully saturated rings. The van der Waals surface area contributed by atoms with E-state index in [-0.39, 0.29) is 0 Å². The van der Waals surface area contributed by atoms with Crippen molar-refractivity contribution in [2.45, 2.75) is 20.8 Å². The van der Waals surface area contributed by atoms with E-state index in [1.54, 1.807) is 0 Å². The molecule has 0 atom stereocenters. The molecule has 1 rings (SSSR count). The van der Waals surface area contributed by atoms with Gasteiger partial charge in [0.25, 0.3) is 5.17 Å². The fourth-order valence-electron chi connectivity index (χ4n) is 1.44. The van der Waals surface area contributed by atoms with Gasteiger partial charge in [0.05, 0.1) is 13.2 Å². The van der Waals surface area contributed by atoms with Crippen LogP contribution in [0.5, 0.6) is 11.5 Å². The van der Waals surface area contributed by atoms with Crippen LogP contribution in [-0.2, 0) is 4.74 Å². The normalized spacial score (nSPS) is 9.67. The van der Waals surface area contributed by atoms with Gasteiger partial charge < -0.3 is 19.5 Å². The fourth-order valence-corrected chi connectivity index (χ4v) is 1.66. The van der Waals surface area contributed by atoms with Gasteiger partial charge in [-0.3, -0.25) is 0 Å². The first-order valence-corrected chi connectivity index (χ1v) is 7.42. The van der Waals surface area contributed by atoms with Crippen LogP contribution in [0.1, 0.15) is 20.8 Å². The third kappa shape index (κ3) is 8.19. The summed E-state index contributed by atoms with van der Waals surface area (Å²) in [6.07, 6.45) is 2.04. The van der Waals surface area contributed by atoms with Crippen LogP contribution >= 0.6 is 12.2 Å². The average molecular weight is 309 g/mol. The van der Waals surface area contributed by atoms with Crippen molar-refractivity contribution in [3.63, 3.8) is 0 Å². The molecule has 0 aliphatic rings. The van der Waals surface area contributed by atoms with Crippen LogP contribution in [-0.4, -0.2) is 31.5 Å². The number of nitrogens with one attached hydrogen (secondary N) is 1. The maximum atomic E-state index is 5.59. The Balaban J connectivity index is 2.25. The number of allylic oxidation sites excluding steroid dienone is 1. The summed E-state index contributed by atoms with van der Waals surface area (Å²) in [6.45, 7) is 8.27. The van der Waals surface area contributed by atoms with E-state index < -0.39 is 0 Å². The van der Waals surface area contributed by atoms with E-state index >= 15 is 0 Å². The molecular weight excluding hydrogens is 286 g/mol. The van der Waals surface area contributed by atoms with Crippen LogP contribution < -0.4 is 14.8 Å². The maximum Gasteiger partial charge on any atom is 0.256 e. The highest BCUT2D eigenvalue weighted by atomic mass is 32.1. The lowest BCUT2D eigenvalue weighted by Gasteiger charge is -2.10. The minimum atomic E-state index is 0.407. The van der Waals surface area contributed by atoms with Gasteiger partial charge >= 0.3 is 0 Å². The number of hydrogen-bond donors (Lipinski definition) is 1. The van der Waals surface area contributed by atoms with Gasteiger partial charge in [-0.25, -0.2) is 0 Å². The molecule has 0 unspecified atom stereocenters. The Morgan fingerprint density at radius 2 is 1.76 bits per heavy atom. The highest BCUT2D eigenvalue weighted by Gasteiger charge is 1.97. The molecular formula is C16H23NO3S. The first-order chi connectivity index (χ1) is 10.1. The van der Waals surface area contributed by atoms with Gasteiger partial charge in [0.1, 0.15) is 24.7 Å². The molecule has 0 aromatic heterocycles. The van der Waals surface area contributed by atoms with E-state index in [1.165, 1.54) is 5.57 Å². The van der Waals surface area contributed by atoms with Gasteiger partial charge in [-0.2, -0.15) is 0 Å². The Morgan fingerprint density at radius 1 is 1.14 bits per heavy atom. The lowest BCUT2D eigenvalue weighted by molar-refractivity contribution is 0.297. The SMILES string of the molecule is CCOC(=S)NCCOc1ccc(OCC=C(C)C)cc1. The Labute approximate surface area is 132 Å². The van der Waals surface area contributed by atoms with E-state index in [9.17, 15) is 0 Å². The average Bonchev–Trinajstić information content (AvgIpc) is 2.45. The topological polar surface area (TPSA) is 39.7 Å². The van der Waals surface area contributed by atoms with Crippen molar-refractivity contribution in [2.75, 3.05) is 26.4 Å². The van der Waals surface area contributed by atoms with Crippen molar-refractivity contribution in [1.29, 1.82) is 0 Å². The largest absolute Gasteiger partial charge is 0.492 e. The second-order valence-electron chi connectivity index (χ2n) is 4.56. The smallest absolute Gasteiger partial charge is 0.256 e. The zero-order chi connectivity index (χ0) is 15.5. The van der Waals surface area contributed by atoms with Crippen LogP contribution in [0.4, 0.5) is 0 Å². The minimum absolute atomic E-state index is 0.407. The van der Waals surface area contributed by atoms with Crippen molar-refractivity contribution in [3.8, 4) is 11.5 Å². The fraction of sp³-hybridized carbons (Fsp3) is 0.438. The van der Waals surface area contributed by atoms with Crippen molar-refractivity contribution in [1.82, 2.24) is 5.32 Å². The highest BCUT2D eigenvalue weighted by molar-refractivity contribution is 7.80. The molecule has 0 spiro atoms. The van der Waals surface area contributed by atoms with Crippen LogP contribution in [0.2, 0.25) is 0 Å². The molecule has 1 aromatic carbocycles. The molecule has 0 heterocycles. The standard InChI is InChI=1S/C16H23NO3S/c1-4-18-16(21)17-10-12-20-15-7-5-14(6-8-15)19-11-9-13(2)3/h5-9H,4,10-12H2,1-3H3,(H,17,21). The van der Waals surface area contributed by atoms with Crippen molar-refractivity contribution >= 4 is 17.4 Å². The molecule has 1 N–H and O–H groups in total. The molecule has 1 aromatic rings. The van der Waals surface area contributed by atoms with Crippen LogP contribution in [0.25, 0.3) is 0 Å². The summed E-state index contributed by atoms with van der Waals surface area (Å²) >= 11 is 4.95. The maximum absolute atomic E-state index is 5.59. The Hall–Kier alpha value is -1.75. The lowest BCUT2D eigenvalue weighted by Crippen LogP contribution is -2.28. The lowest BCUT2D eigenvalue weighted by atomic mass is 10.3. The Kier molecular flexibility index (Phi) is 8.28. The number of benzene rings is 1. The minimum Gasteiger partial charge on any atom is -0.492 e. The van der Waals surface area contributed by atoms with Crippen molar-refractivity contribution in [3.05, 3.63) is 35.9 Å². The summed E-state index contributed by atoms with van der Waals surface area (Å²) in [7, 11) is 0. The summed E-state index contributed by atoms with van der Waals surface area (Å²) in [6, 6.07) is 7.57. The Morgan fingerprint density at radius 3 is 2.33 bits per heavy atom. The molecule has 21 heavy (non-hydrogen) atoms. The van der Waals surface area contributed by atoms with Crippen molar-refractivity contribution in [2.24, 2.45) is 0 Å². The van der Waals surface area contributed by atoms with Crippen LogP contribution in [0, 0.1) is 0 Å². The number of hydrogen-bond acceptors (Lipinski definition) is 4. The summed E-state index contributed by atoms with van der Waals surface area (Å²) in [5.41, 5.74) is 1.24. The van der Waals surface area contributed by atoms with E-state index in [0.717, 1.165) is 11.5 Å². The Bertz CT molecular complexity index is 453. The predicted octanol–water partition coefficient (Wildman–Crippen LogP) is 3.32. The quantitative estimate of drug-likeness (QED) is 0.453. The van der Waals surface area contributed by atoms with Crippen LogP contribution in [0.15, 0.2) is 35.9 Å². The summed E-state index contributed by atoms with van der Waals surface area (Å²) < 4.78 is 16.3. The van der Waals surface area contributed by atoms with E-state index in [0.29, 0.717) is 31.5 Å². The van der Waals surface area contributed by atoms with Gasteiger partial charge in [0.15, 0.2) is 0 Å². The molecule has 0 aliphatic carbocycles. The molecule has 0 amide bonds. The molecule has 116 valence electrons. The number of ether oxygens (including phenoxy) is 3. The zero-order valence-electron chi connectivity index (χ0n) is 12.8. The number of thiocarbonyl (C=S) groups is 1. The zero-order valence-corrected chi connectivity index (χ0v) is 13.7. The molecule has 5 heteroatoms.